The first kappa shape index (κ1) is 20.7. The number of carbonyl (C=O) groups excluding carboxylic acids is 1. The van der Waals surface area contributed by atoms with E-state index in [-0.39, 0.29) is 22.5 Å². The number of amides is 1. The second kappa shape index (κ2) is 8.05. The number of rotatable bonds is 3. The number of fused-ring (bicyclic) bond motifs is 3. The zero-order chi connectivity index (χ0) is 22.4. The van der Waals surface area contributed by atoms with Crippen molar-refractivity contribution in [2.45, 2.75) is 0 Å². The predicted octanol–water partition coefficient (Wildman–Crippen LogP) is 6.05. The molecule has 7 nitrogen and oxygen atoms in total. The number of nitrogens with zero attached hydrogens (tertiary/aromatic N) is 2. The molecule has 3 aromatic heterocycles. The highest BCUT2D eigenvalue weighted by Crippen LogP contribution is 2.32. The van der Waals surface area contributed by atoms with Crippen LogP contribution in [0.5, 0.6) is 0 Å². The first-order valence-electron chi connectivity index (χ1n) is 9.24. The fraction of sp³-hybridized carbons (Fsp3) is 0. The van der Waals surface area contributed by atoms with Crippen LogP contribution in [0.4, 0.5) is 5.69 Å². The molecule has 5 rings (SSSR count). The largest absolute Gasteiger partial charge is 0.449 e. The lowest BCUT2D eigenvalue weighted by Crippen LogP contribution is -2.12. The molecule has 2 N–H and O–H groups in total. The summed E-state index contributed by atoms with van der Waals surface area (Å²) in [5, 5.41) is 4.03. The van der Waals surface area contributed by atoms with Crippen LogP contribution >= 0.6 is 39.1 Å². The average molecular weight is 530 g/mol. The third kappa shape index (κ3) is 3.77. The van der Waals surface area contributed by atoms with Gasteiger partial charge in [-0.1, -0.05) is 39.1 Å². The number of aromatic nitrogens is 3. The smallest absolute Gasteiger partial charge is 0.294 e. The maximum absolute atomic E-state index is 12.7. The number of pyridine rings is 1. The Hall–Kier alpha value is -3.20. The lowest BCUT2D eigenvalue weighted by molar-refractivity contribution is 0.102. The Bertz CT molecular complexity index is 1600. The lowest BCUT2D eigenvalue weighted by Gasteiger charge is -2.09. The van der Waals surface area contributed by atoms with Gasteiger partial charge in [0.15, 0.2) is 0 Å². The van der Waals surface area contributed by atoms with Crippen molar-refractivity contribution < 1.29 is 9.21 Å². The molecule has 0 bridgehead atoms. The molecule has 0 spiro atoms. The summed E-state index contributed by atoms with van der Waals surface area (Å²) in [5.41, 5.74) is 1.90. The molecule has 10 heteroatoms. The van der Waals surface area contributed by atoms with Crippen molar-refractivity contribution in [3.8, 4) is 11.4 Å². The number of H-pyrrole nitrogens is 1. The summed E-state index contributed by atoms with van der Waals surface area (Å²) in [4.78, 5) is 36.4. The molecule has 5 aromatic rings. The first-order valence-corrected chi connectivity index (χ1v) is 10.8. The van der Waals surface area contributed by atoms with E-state index in [2.05, 4.69) is 36.2 Å². The highest BCUT2D eigenvalue weighted by atomic mass is 79.9. The average Bonchev–Trinajstić information content (AvgIpc) is 3.13. The highest BCUT2D eigenvalue weighted by Gasteiger charge is 2.17. The van der Waals surface area contributed by atoms with Crippen LogP contribution in [0.3, 0.4) is 0 Å². The van der Waals surface area contributed by atoms with Gasteiger partial charge in [-0.3, -0.25) is 9.59 Å². The SMILES string of the molecule is O=C(Nc1ccc(Cl)c(-c2nc3c(oc4ccc(Br)cc43)c(=O)[nH]2)c1)c1ccnc(Cl)c1. The topological polar surface area (TPSA) is 101 Å². The van der Waals surface area contributed by atoms with E-state index >= 15 is 0 Å². The maximum atomic E-state index is 12.7. The zero-order valence-electron chi connectivity index (χ0n) is 15.9. The summed E-state index contributed by atoms with van der Waals surface area (Å²) in [5.74, 6) is -0.122. The van der Waals surface area contributed by atoms with Gasteiger partial charge in [0, 0.05) is 32.9 Å². The van der Waals surface area contributed by atoms with Crippen LogP contribution in [-0.2, 0) is 0 Å². The molecule has 0 radical (unpaired) electrons. The normalized spacial score (nSPS) is 11.2. The molecule has 3 heterocycles. The number of carbonyl (C=O) groups is 1. The van der Waals surface area contributed by atoms with Crippen LogP contribution < -0.4 is 10.9 Å². The molecule has 2 aromatic carbocycles. The Morgan fingerprint density at radius 2 is 1.94 bits per heavy atom. The molecule has 0 aliphatic heterocycles. The molecule has 0 saturated heterocycles. The molecule has 0 aliphatic rings. The van der Waals surface area contributed by atoms with Crippen molar-refractivity contribution in [1.29, 1.82) is 0 Å². The summed E-state index contributed by atoms with van der Waals surface area (Å²) in [6.45, 7) is 0. The Labute approximate surface area is 198 Å². The van der Waals surface area contributed by atoms with Crippen LogP contribution in [0.25, 0.3) is 33.5 Å². The van der Waals surface area contributed by atoms with E-state index in [1.165, 1.54) is 12.3 Å². The van der Waals surface area contributed by atoms with Gasteiger partial charge in [0.05, 0.1) is 5.02 Å². The van der Waals surface area contributed by atoms with E-state index in [0.717, 1.165) is 4.47 Å². The molecular formula is C22H11BrCl2N4O3. The lowest BCUT2D eigenvalue weighted by atomic mass is 10.1. The van der Waals surface area contributed by atoms with Crippen LogP contribution in [0.2, 0.25) is 10.2 Å². The Morgan fingerprint density at radius 3 is 2.75 bits per heavy atom. The van der Waals surface area contributed by atoms with E-state index < -0.39 is 5.56 Å². The third-order valence-electron chi connectivity index (χ3n) is 4.75. The molecule has 0 aliphatic carbocycles. The van der Waals surface area contributed by atoms with Crippen molar-refractivity contribution in [3.63, 3.8) is 0 Å². The summed E-state index contributed by atoms with van der Waals surface area (Å²) in [7, 11) is 0. The van der Waals surface area contributed by atoms with Crippen molar-refractivity contribution >= 4 is 72.8 Å². The van der Waals surface area contributed by atoms with Crippen molar-refractivity contribution in [1.82, 2.24) is 15.0 Å². The fourth-order valence-electron chi connectivity index (χ4n) is 3.28. The van der Waals surface area contributed by atoms with Gasteiger partial charge in [-0.2, -0.15) is 0 Å². The third-order valence-corrected chi connectivity index (χ3v) is 5.78. The number of anilines is 1. The quantitative estimate of drug-likeness (QED) is 0.277. The Morgan fingerprint density at radius 1 is 1.09 bits per heavy atom. The van der Waals surface area contributed by atoms with Gasteiger partial charge in [0.2, 0.25) is 5.58 Å². The summed E-state index contributed by atoms with van der Waals surface area (Å²) in [6, 6.07) is 13.3. The number of hydrogen-bond donors (Lipinski definition) is 2. The van der Waals surface area contributed by atoms with Gasteiger partial charge in [-0.05, 0) is 48.5 Å². The number of nitrogens with one attached hydrogen (secondary N) is 2. The fourth-order valence-corrected chi connectivity index (χ4v) is 4.03. The molecule has 0 fully saturated rings. The molecule has 32 heavy (non-hydrogen) atoms. The van der Waals surface area contributed by atoms with Crippen molar-refractivity contribution in [3.05, 3.63) is 85.3 Å². The number of halogens is 3. The van der Waals surface area contributed by atoms with Crippen LogP contribution in [0.15, 0.2) is 68.4 Å². The summed E-state index contributed by atoms with van der Waals surface area (Å²) in [6.07, 6.45) is 1.45. The van der Waals surface area contributed by atoms with Crippen molar-refractivity contribution in [2.24, 2.45) is 0 Å². The molecule has 1 amide bonds. The molecule has 0 atom stereocenters. The molecule has 0 unspecified atom stereocenters. The van der Waals surface area contributed by atoms with E-state index in [1.807, 2.05) is 12.1 Å². The van der Waals surface area contributed by atoms with Gasteiger partial charge in [0.25, 0.3) is 11.5 Å². The van der Waals surface area contributed by atoms with E-state index in [0.29, 0.717) is 38.3 Å². The van der Waals surface area contributed by atoms with Crippen LogP contribution in [0, 0.1) is 0 Å². The summed E-state index contributed by atoms with van der Waals surface area (Å²) < 4.78 is 6.49. The van der Waals surface area contributed by atoms with Gasteiger partial charge in [0.1, 0.15) is 22.1 Å². The molecule has 158 valence electrons. The van der Waals surface area contributed by atoms with Gasteiger partial charge in [-0.15, -0.1) is 0 Å². The van der Waals surface area contributed by atoms with Gasteiger partial charge >= 0.3 is 0 Å². The number of aromatic amines is 1. The summed E-state index contributed by atoms with van der Waals surface area (Å²) >= 11 is 15.7. The minimum Gasteiger partial charge on any atom is -0.449 e. The van der Waals surface area contributed by atoms with E-state index in [4.69, 9.17) is 27.6 Å². The number of hydrogen-bond acceptors (Lipinski definition) is 5. The maximum Gasteiger partial charge on any atom is 0.294 e. The van der Waals surface area contributed by atoms with Crippen molar-refractivity contribution in [2.75, 3.05) is 5.32 Å². The van der Waals surface area contributed by atoms with E-state index in [9.17, 15) is 9.59 Å². The highest BCUT2D eigenvalue weighted by molar-refractivity contribution is 9.10. The molecular weight excluding hydrogens is 519 g/mol. The number of benzene rings is 2. The van der Waals surface area contributed by atoms with Gasteiger partial charge < -0.3 is 14.7 Å². The van der Waals surface area contributed by atoms with Crippen LogP contribution in [0.1, 0.15) is 10.4 Å². The molecule has 0 saturated carbocycles. The predicted molar refractivity (Wildman–Crippen MR) is 127 cm³/mol. The standard InChI is InChI=1S/C22H11BrCl2N4O3/c23-11-1-4-16-14(8-11)18-19(32-16)22(31)29-20(28-18)13-9-12(2-3-15(13)24)27-21(30)10-5-6-26-17(25)7-10/h1-9H,(H,27,30)(H,28,29,31). The minimum absolute atomic E-state index is 0.122. The zero-order valence-corrected chi connectivity index (χ0v) is 19.0. The number of furan rings is 1. The van der Waals surface area contributed by atoms with Gasteiger partial charge in [-0.25, -0.2) is 9.97 Å². The minimum atomic E-state index is -0.436. The Balaban J connectivity index is 1.58. The van der Waals surface area contributed by atoms with E-state index in [1.54, 1.807) is 30.3 Å². The van der Waals surface area contributed by atoms with Crippen LogP contribution in [-0.4, -0.2) is 20.9 Å². The second-order valence-corrected chi connectivity index (χ2v) is 8.56. The first-order chi connectivity index (χ1) is 15.4. The second-order valence-electron chi connectivity index (χ2n) is 6.85. The Kier molecular flexibility index (Phi) is 5.21. The monoisotopic (exact) mass is 528 g/mol.